The van der Waals surface area contributed by atoms with Crippen molar-refractivity contribution >= 4 is 38.5 Å². The number of pyridine rings is 1. The van der Waals surface area contributed by atoms with Crippen LogP contribution in [0.15, 0.2) is 28.9 Å². The molecule has 1 aromatic carbocycles. The molecule has 2 heterocycles. The Kier molecular flexibility index (Phi) is 4.07. The van der Waals surface area contributed by atoms with Gasteiger partial charge in [-0.3, -0.25) is 4.98 Å². The van der Waals surface area contributed by atoms with Gasteiger partial charge in [0.25, 0.3) is 0 Å². The van der Waals surface area contributed by atoms with Crippen LogP contribution in [-0.2, 0) is 9.47 Å². The zero-order chi connectivity index (χ0) is 14.8. The van der Waals surface area contributed by atoms with E-state index < -0.39 is 5.97 Å². The van der Waals surface area contributed by atoms with E-state index in [9.17, 15) is 4.79 Å². The third-order valence-corrected chi connectivity index (χ3v) is 4.42. The number of anilines is 1. The lowest BCUT2D eigenvalue weighted by molar-refractivity contribution is 0.0599. The van der Waals surface area contributed by atoms with E-state index in [1.165, 1.54) is 13.3 Å². The number of hydrogen-bond acceptors (Lipinski definition) is 5. The third-order valence-electron chi connectivity index (χ3n) is 3.57. The van der Waals surface area contributed by atoms with Gasteiger partial charge in [0.2, 0.25) is 0 Å². The van der Waals surface area contributed by atoms with Gasteiger partial charge in [-0.1, -0.05) is 0 Å². The molecular weight excluding hydrogens is 336 g/mol. The lowest BCUT2D eigenvalue weighted by Crippen LogP contribution is -2.36. The average molecular weight is 351 g/mol. The summed E-state index contributed by atoms with van der Waals surface area (Å²) in [6.45, 7) is 3.21. The summed E-state index contributed by atoms with van der Waals surface area (Å²) >= 11 is 3.50. The molecule has 3 rings (SSSR count). The van der Waals surface area contributed by atoms with Gasteiger partial charge in [0, 0.05) is 34.8 Å². The van der Waals surface area contributed by atoms with Crippen LogP contribution in [0, 0.1) is 0 Å². The number of esters is 1. The molecule has 0 atom stereocenters. The molecule has 0 unspecified atom stereocenters. The molecule has 0 radical (unpaired) electrons. The highest BCUT2D eigenvalue weighted by Crippen LogP contribution is 2.30. The number of hydrogen-bond donors (Lipinski definition) is 0. The van der Waals surface area contributed by atoms with E-state index in [-0.39, 0.29) is 0 Å². The van der Waals surface area contributed by atoms with Crippen LogP contribution in [0.5, 0.6) is 0 Å². The third kappa shape index (κ3) is 2.73. The van der Waals surface area contributed by atoms with Crippen LogP contribution in [0.3, 0.4) is 0 Å². The number of carbonyl (C=O) groups is 1. The molecule has 21 heavy (non-hydrogen) atoms. The molecule has 5 nitrogen and oxygen atoms in total. The number of fused-ring (bicyclic) bond motifs is 1. The van der Waals surface area contributed by atoms with Crippen LogP contribution in [0.1, 0.15) is 10.4 Å². The summed E-state index contributed by atoms with van der Waals surface area (Å²) in [4.78, 5) is 18.3. The Morgan fingerprint density at radius 3 is 2.86 bits per heavy atom. The number of ether oxygens (including phenoxy) is 2. The number of carbonyl (C=O) groups excluding carboxylic acids is 1. The van der Waals surface area contributed by atoms with Crippen molar-refractivity contribution in [1.82, 2.24) is 4.98 Å². The molecule has 1 aliphatic rings. The van der Waals surface area contributed by atoms with E-state index in [0.29, 0.717) is 5.56 Å². The molecule has 1 saturated heterocycles. The smallest absolute Gasteiger partial charge is 0.340 e. The first kappa shape index (κ1) is 14.3. The monoisotopic (exact) mass is 350 g/mol. The fourth-order valence-electron chi connectivity index (χ4n) is 2.42. The van der Waals surface area contributed by atoms with Crippen molar-refractivity contribution in [3.63, 3.8) is 0 Å². The summed E-state index contributed by atoms with van der Waals surface area (Å²) in [5, 5.41) is 0.905. The van der Waals surface area contributed by atoms with E-state index in [1.807, 2.05) is 18.2 Å². The summed E-state index contributed by atoms with van der Waals surface area (Å²) in [7, 11) is 1.36. The maximum Gasteiger partial charge on any atom is 0.340 e. The molecule has 0 bridgehead atoms. The van der Waals surface area contributed by atoms with Gasteiger partial charge in [-0.05, 0) is 34.1 Å². The summed E-state index contributed by atoms with van der Waals surface area (Å²) in [5.41, 5.74) is 2.38. The topological polar surface area (TPSA) is 51.7 Å². The number of halogens is 1. The normalized spacial score (nSPS) is 15.2. The fraction of sp³-hybridized carbons (Fsp3) is 0.333. The molecule has 1 aromatic heterocycles. The lowest BCUT2D eigenvalue weighted by atomic mass is 10.1. The van der Waals surface area contributed by atoms with Gasteiger partial charge >= 0.3 is 5.97 Å². The van der Waals surface area contributed by atoms with E-state index in [0.717, 1.165) is 47.4 Å². The number of nitrogens with zero attached hydrogens (tertiary/aromatic N) is 2. The van der Waals surface area contributed by atoms with Gasteiger partial charge in [0.1, 0.15) is 0 Å². The summed E-state index contributed by atoms with van der Waals surface area (Å²) in [5.74, 6) is -0.395. The predicted octanol–water partition coefficient (Wildman–Crippen LogP) is 2.62. The van der Waals surface area contributed by atoms with E-state index in [2.05, 4.69) is 25.8 Å². The first-order valence-electron chi connectivity index (χ1n) is 6.70. The van der Waals surface area contributed by atoms with Crippen LogP contribution in [0.2, 0.25) is 0 Å². The van der Waals surface area contributed by atoms with Crippen molar-refractivity contribution in [3.8, 4) is 0 Å². The minimum Gasteiger partial charge on any atom is -0.465 e. The highest BCUT2D eigenvalue weighted by atomic mass is 79.9. The highest BCUT2D eigenvalue weighted by molar-refractivity contribution is 9.10. The molecule has 2 aromatic rings. The van der Waals surface area contributed by atoms with E-state index in [4.69, 9.17) is 9.47 Å². The Morgan fingerprint density at radius 1 is 1.38 bits per heavy atom. The summed E-state index contributed by atoms with van der Waals surface area (Å²) in [6.07, 6.45) is 1.53. The van der Waals surface area contributed by atoms with Gasteiger partial charge < -0.3 is 14.4 Å². The lowest BCUT2D eigenvalue weighted by Gasteiger charge is -2.29. The van der Waals surface area contributed by atoms with E-state index in [1.54, 1.807) is 0 Å². The Balaban J connectivity index is 2.06. The zero-order valence-electron chi connectivity index (χ0n) is 11.6. The van der Waals surface area contributed by atoms with Crippen LogP contribution >= 0.6 is 15.9 Å². The van der Waals surface area contributed by atoms with Crippen LogP contribution in [-0.4, -0.2) is 44.4 Å². The molecule has 6 heteroatoms. The first-order chi connectivity index (χ1) is 10.2. The second kappa shape index (κ2) is 5.99. The fourth-order valence-corrected chi connectivity index (χ4v) is 3.00. The second-order valence-electron chi connectivity index (χ2n) is 4.78. The van der Waals surface area contributed by atoms with Crippen LogP contribution in [0.25, 0.3) is 10.9 Å². The first-order valence-corrected chi connectivity index (χ1v) is 7.49. The van der Waals surface area contributed by atoms with Crippen molar-refractivity contribution in [3.05, 3.63) is 34.4 Å². The maximum absolute atomic E-state index is 11.7. The van der Waals surface area contributed by atoms with Gasteiger partial charge in [-0.25, -0.2) is 4.79 Å². The standard InChI is InChI=1S/C15H15BrN2O3/c1-20-15(19)12-9-17-13-3-2-10(8-11(13)14(12)16)18-4-6-21-7-5-18/h2-3,8-9H,4-7H2,1H3. The quantitative estimate of drug-likeness (QED) is 0.779. The second-order valence-corrected chi connectivity index (χ2v) is 5.57. The molecular formula is C15H15BrN2O3. The predicted molar refractivity (Wildman–Crippen MR) is 83.8 cm³/mol. The molecule has 110 valence electrons. The Labute approximate surface area is 131 Å². The molecule has 0 aliphatic carbocycles. The van der Waals surface area contributed by atoms with Crippen molar-refractivity contribution < 1.29 is 14.3 Å². The number of morpholine rings is 1. The number of benzene rings is 1. The number of rotatable bonds is 2. The molecule has 0 saturated carbocycles. The van der Waals surface area contributed by atoms with Gasteiger partial charge in [0.05, 0.1) is 31.4 Å². The Morgan fingerprint density at radius 2 is 2.14 bits per heavy atom. The van der Waals surface area contributed by atoms with Crippen molar-refractivity contribution in [2.45, 2.75) is 0 Å². The van der Waals surface area contributed by atoms with Crippen LogP contribution < -0.4 is 4.90 Å². The minimum atomic E-state index is -0.395. The Hall–Kier alpha value is -1.66. The van der Waals surface area contributed by atoms with Crippen LogP contribution in [0.4, 0.5) is 5.69 Å². The largest absolute Gasteiger partial charge is 0.465 e. The summed E-state index contributed by atoms with van der Waals surface area (Å²) < 4.78 is 10.9. The number of methoxy groups -OCH3 is 1. The van der Waals surface area contributed by atoms with E-state index >= 15 is 0 Å². The minimum absolute atomic E-state index is 0.395. The molecule has 1 fully saturated rings. The highest BCUT2D eigenvalue weighted by Gasteiger charge is 2.16. The molecule has 0 N–H and O–H groups in total. The van der Waals surface area contributed by atoms with Gasteiger partial charge in [0.15, 0.2) is 0 Å². The Bertz CT molecular complexity index is 684. The van der Waals surface area contributed by atoms with Gasteiger partial charge in [-0.15, -0.1) is 0 Å². The molecule has 0 amide bonds. The molecule has 0 spiro atoms. The number of aromatic nitrogens is 1. The van der Waals surface area contributed by atoms with Crippen molar-refractivity contribution in [2.24, 2.45) is 0 Å². The maximum atomic E-state index is 11.7. The average Bonchev–Trinajstić information content (AvgIpc) is 2.55. The molecule has 1 aliphatic heterocycles. The SMILES string of the molecule is COC(=O)c1cnc2ccc(N3CCOCC3)cc2c1Br. The van der Waals surface area contributed by atoms with Gasteiger partial charge in [-0.2, -0.15) is 0 Å². The zero-order valence-corrected chi connectivity index (χ0v) is 13.2. The summed E-state index contributed by atoms with van der Waals surface area (Å²) in [6, 6.07) is 6.06. The van der Waals surface area contributed by atoms with Crippen molar-refractivity contribution in [2.75, 3.05) is 38.3 Å². The van der Waals surface area contributed by atoms with Crippen molar-refractivity contribution in [1.29, 1.82) is 0 Å².